The van der Waals surface area contributed by atoms with Gasteiger partial charge in [0.2, 0.25) is 0 Å². The molecule has 0 aliphatic carbocycles. The number of aromatic nitrogens is 1. The summed E-state index contributed by atoms with van der Waals surface area (Å²) in [7, 11) is 0. The number of fused-ring (bicyclic) bond motifs is 1. The highest BCUT2D eigenvalue weighted by Gasteiger charge is 2.08. The summed E-state index contributed by atoms with van der Waals surface area (Å²) >= 11 is 3.36. The summed E-state index contributed by atoms with van der Waals surface area (Å²) in [5, 5.41) is 10.3. The van der Waals surface area contributed by atoms with Crippen LogP contribution in [0.2, 0.25) is 0 Å². The Hall–Kier alpha value is -1.65. The van der Waals surface area contributed by atoms with E-state index in [4.69, 9.17) is 0 Å². The fourth-order valence-electron chi connectivity index (χ4n) is 2.41. The number of benzene rings is 2. The van der Waals surface area contributed by atoms with Crippen LogP contribution in [0.5, 0.6) is 0 Å². The van der Waals surface area contributed by atoms with Crippen molar-refractivity contribution in [2.45, 2.75) is 13.2 Å². The fourth-order valence-corrected chi connectivity index (χ4v) is 2.82. The van der Waals surface area contributed by atoms with E-state index in [1.54, 1.807) is 12.1 Å². The van der Waals surface area contributed by atoms with E-state index < -0.39 is 0 Å². The van der Waals surface area contributed by atoms with Crippen LogP contribution in [0.25, 0.3) is 10.9 Å². The lowest BCUT2D eigenvalue weighted by Gasteiger charge is -2.08. The normalized spacial score (nSPS) is 11.2. The molecule has 0 spiro atoms. The molecule has 0 saturated carbocycles. The zero-order valence-electron chi connectivity index (χ0n) is 10.7. The van der Waals surface area contributed by atoms with Gasteiger partial charge in [-0.2, -0.15) is 0 Å². The number of hydrogen-bond donors (Lipinski definition) is 1. The maximum atomic E-state index is 13.8. The van der Waals surface area contributed by atoms with E-state index in [2.05, 4.69) is 15.9 Å². The molecule has 2 nitrogen and oxygen atoms in total. The number of aliphatic hydroxyl groups is 1. The van der Waals surface area contributed by atoms with E-state index >= 15 is 0 Å². The van der Waals surface area contributed by atoms with Gasteiger partial charge in [0.1, 0.15) is 5.82 Å². The molecule has 0 amide bonds. The Morgan fingerprint density at radius 3 is 2.75 bits per heavy atom. The van der Waals surface area contributed by atoms with Crippen LogP contribution in [-0.4, -0.2) is 9.67 Å². The molecule has 3 aromatic rings. The van der Waals surface area contributed by atoms with Crippen molar-refractivity contribution in [3.8, 4) is 0 Å². The summed E-state index contributed by atoms with van der Waals surface area (Å²) in [4.78, 5) is 0. The Morgan fingerprint density at radius 1 is 1.10 bits per heavy atom. The van der Waals surface area contributed by atoms with Gasteiger partial charge in [-0.15, -0.1) is 0 Å². The van der Waals surface area contributed by atoms with Crippen LogP contribution < -0.4 is 0 Å². The molecule has 0 bridgehead atoms. The Labute approximate surface area is 124 Å². The lowest BCUT2D eigenvalue weighted by atomic mass is 10.1. The van der Waals surface area contributed by atoms with Gasteiger partial charge in [0.05, 0.1) is 13.2 Å². The van der Waals surface area contributed by atoms with Crippen molar-refractivity contribution in [3.05, 3.63) is 70.1 Å². The summed E-state index contributed by atoms with van der Waals surface area (Å²) in [6.45, 7) is 0.469. The van der Waals surface area contributed by atoms with Crippen LogP contribution in [0.4, 0.5) is 4.39 Å². The van der Waals surface area contributed by atoms with Gasteiger partial charge in [0, 0.05) is 27.1 Å². The van der Waals surface area contributed by atoms with Gasteiger partial charge >= 0.3 is 0 Å². The highest BCUT2D eigenvalue weighted by molar-refractivity contribution is 9.10. The summed E-state index contributed by atoms with van der Waals surface area (Å²) in [6.07, 6.45) is 1.92. The van der Waals surface area contributed by atoms with Gasteiger partial charge < -0.3 is 9.67 Å². The Balaban J connectivity index is 2.05. The number of halogens is 2. The lowest BCUT2D eigenvalue weighted by molar-refractivity contribution is 0.283. The molecule has 102 valence electrons. The highest BCUT2D eigenvalue weighted by atomic mass is 79.9. The van der Waals surface area contributed by atoms with Crippen LogP contribution >= 0.6 is 15.9 Å². The first-order valence-electron chi connectivity index (χ1n) is 6.30. The monoisotopic (exact) mass is 333 g/mol. The smallest absolute Gasteiger partial charge is 0.128 e. The molecule has 0 aliphatic heterocycles. The molecule has 0 radical (unpaired) electrons. The molecule has 3 rings (SSSR count). The Bertz CT molecular complexity index is 766. The van der Waals surface area contributed by atoms with Crippen LogP contribution in [0, 0.1) is 5.82 Å². The number of rotatable bonds is 3. The van der Waals surface area contributed by atoms with Crippen LogP contribution in [0.1, 0.15) is 11.1 Å². The van der Waals surface area contributed by atoms with E-state index in [0.717, 1.165) is 20.9 Å². The van der Waals surface area contributed by atoms with Gasteiger partial charge in [-0.1, -0.05) is 28.1 Å². The summed E-state index contributed by atoms with van der Waals surface area (Å²) in [5.41, 5.74) is 2.51. The third kappa shape index (κ3) is 2.37. The van der Waals surface area contributed by atoms with Crippen molar-refractivity contribution in [3.63, 3.8) is 0 Å². The number of hydrogen-bond acceptors (Lipinski definition) is 1. The lowest BCUT2D eigenvalue weighted by Crippen LogP contribution is -2.00. The molecule has 0 saturated heterocycles. The molecule has 2 aromatic carbocycles. The molecular weight excluding hydrogens is 321 g/mol. The van der Waals surface area contributed by atoms with E-state index in [0.29, 0.717) is 12.1 Å². The Kier molecular flexibility index (Phi) is 3.59. The Morgan fingerprint density at radius 2 is 1.95 bits per heavy atom. The maximum Gasteiger partial charge on any atom is 0.128 e. The van der Waals surface area contributed by atoms with Crippen LogP contribution in [0.15, 0.2) is 53.1 Å². The molecule has 1 aromatic heterocycles. The molecule has 1 N–H and O–H groups in total. The van der Waals surface area contributed by atoms with Gasteiger partial charge in [-0.3, -0.25) is 0 Å². The van der Waals surface area contributed by atoms with Gasteiger partial charge in [0.25, 0.3) is 0 Å². The highest BCUT2D eigenvalue weighted by Crippen LogP contribution is 2.23. The minimum Gasteiger partial charge on any atom is -0.392 e. The predicted octanol–water partition coefficient (Wildman–Crippen LogP) is 4.08. The van der Waals surface area contributed by atoms with Gasteiger partial charge in [-0.25, -0.2) is 4.39 Å². The van der Waals surface area contributed by atoms with E-state index in [1.165, 1.54) is 6.07 Å². The zero-order chi connectivity index (χ0) is 14.1. The molecule has 1 heterocycles. The molecule has 0 unspecified atom stereocenters. The molecule has 0 fully saturated rings. The summed E-state index contributed by atoms with van der Waals surface area (Å²) in [5.74, 6) is -0.214. The van der Waals surface area contributed by atoms with Gasteiger partial charge in [-0.05, 0) is 35.9 Å². The van der Waals surface area contributed by atoms with Crippen molar-refractivity contribution >= 4 is 26.8 Å². The average molecular weight is 334 g/mol. The third-order valence-electron chi connectivity index (χ3n) is 3.42. The average Bonchev–Trinajstić information content (AvgIpc) is 2.86. The third-order valence-corrected chi connectivity index (χ3v) is 3.92. The summed E-state index contributed by atoms with van der Waals surface area (Å²) < 4.78 is 16.7. The van der Waals surface area contributed by atoms with E-state index in [1.807, 2.05) is 35.0 Å². The minimum atomic E-state index is -0.214. The van der Waals surface area contributed by atoms with Crippen molar-refractivity contribution in [2.24, 2.45) is 0 Å². The topological polar surface area (TPSA) is 25.2 Å². The largest absolute Gasteiger partial charge is 0.392 e. The van der Waals surface area contributed by atoms with Crippen LogP contribution in [-0.2, 0) is 13.2 Å². The standard InChI is InChI=1S/C16H13BrFNO/c17-13-4-5-15(18)12(8-13)9-19-7-6-14-11(10-20)2-1-3-16(14)19/h1-8,20H,9-10H2. The molecule has 4 heteroatoms. The molecule has 0 aliphatic rings. The quantitative estimate of drug-likeness (QED) is 0.767. The second kappa shape index (κ2) is 5.38. The van der Waals surface area contributed by atoms with Crippen molar-refractivity contribution < 1.29 is 9.50 Å². The summed E-state index contributed by atoms with van der Waals surface area (Å²) in [6, 6.07) is 12.7. The zero-order valence-corrected chi connectivity index (χ0v) is 12.3. The van der Waals surface area contributed by atoms with Crippen molar-refractivity contribution in [2.75, 3.05) is 0 Å². The van der Waals surface area contributed by atoms with Crippen molar-refractivity contribution in [1.29, 1.82) is 0 Å². The maximum absolute atomic E-state index is 13.8. The molecule has 0 atom stereocenters. The first kappa shape index (κ1) is 13.3. The minimum absolute atomic E-state index is 0.00655. The fraction of sp³-hybridized carbons (Fsp3) is 0.125. The van der Waals surface area contributed by atoms with E-state index in [-0.39, 0.29) is 12.4 Å². The SMILES string of the molecule is OCc1cccc2c1ccn2Cc1cc(Br)ccc1F. The predicted molar refractivity (Wildman–Crippen MR) is 81.1 cm³/mol. The van der Waals surface area contributed by atoms with Crippen molar-refractivity contribution in [1.82, 2.24) is 4.57 Å². The second-order valence-corrected chi connectivity index (χ2v) is 5.60. The van der Waals surface area contributed by atoms with E-state index in [9.17, 15) is 9.50 Å². The van der Waals surface area contributed by atoms with Crippen LogP contribution in [0.3, 0.4) is 0 Å². The first-order valence-corrected chi connectivity index (χ1v) is 7.10. The number of nitrogens with zero attached hydrogens (tertiary/aromatic N) is 1. The number of aliphatic hydroxyl groups excluding tert-OH is 1. The van der Waals surface area contributed by atoms with Gasteiger partial charge in [0.15, 0.2) is 0 Å². The molecule has 20 heavy (non-hydrogen) atoms. The first-order chi connectivity index (χ1) is 9.69. The molecular formula is C16H13BrFNO. The second-order valence-electron chi connectivity index (χ2n) is 4.69.